The number of rotatable bonds is 16. The van der Waals surface area contributed by atoms with E-state index in [9.17, 15) is 30.0 Å². The van der Waals surface area contributed by atoms with Crippen LogP contribution in [0.2, 0.25) is 0 Å². The molecule has 0 heterocycles. The van der Waals surface area contributed by atoms with Gasteiger partial charge in [0.1, 0.15) is 18.3 Å². The van der Waals surface area contributed by atoms with Crippen molar-refractivity contribution in [2.45, 2.75) is 95.5 Å². The van der Waals surface area contributed by atoms with Gasteiger partial charge in [-0.05, 0) is 6.42 Å². The molecule has 8 nitrogen and oxygen atoms in total. The number of esters is 1. The molecule has 0 aromatic heterocycles. The van der Waals surface area contributed by atoms with E-state index in [1.165, 1.54) is 38.5 Å². The third kappa shape index (κ3) is 13.6. The number of hydrogen-bond acceptors (Lipinski definition) is 8. The molecular formula is C18H33NaO8. The van der Waals surface area contributed by atoms with E-state index in [4.69, 9.17) is 9.84 Å². The van der Waals surface area contributed by atoms with Gasteiger partial charge in [0.05, 0.1) is 12.6 Å². The summed E-state index contributed by atoms with van der Waals surface area (Å²) in [5, 5.41) is 47.8. The largest absolute Gasteiger partial charge is 1.00 e. The molecule has 0 amide bonds. The minimum absolute atomic E-state index is 0. The van der Waals surface area contributed by atoms with E-state index in [1.54, 1.807) is 0 Å². The summed E-state index contributed by atoms with van der Waals surface area (Å²) in [4.78, 5) is 21.9. The van der Waals surface area contributed by atoms with Crippen LogP contribution in [0.5, 0.6) is 0 Å². The third-order valence-electron chi connectivity index (χ3n) is 4.22. The van der Waals surface area contributed by atoms with E-state index >= 15 is 0 Å². The van der Waals surface area contributed by atoms with Crippen LogP contribution in [0, 0.1) is 0 Å². The van der Waals surface area contributed by atoms with Gasteiger partial charge in [0.25, 0.3) is 0 Å². The normalized spacial score (nSPS) is 15.3. The van der Waals surface area contributed by atoms with Crippen molar-refractivity contribution in [3.8, 4) is 0 Å². The van der Waals surface area contributed by atoms with Gasteiger partial charge in [-0.1, -0.05) is 64.7 Å². The molecule has 4 N–H and O–H groups in total. The first-order valence-corrected chi connectivity index (χ1v) is 9.42. The average Bonchev–Trinajstić information content (AvgIpc) is 2.63. The number of aliphatic hydroxyl groups excluding tert-OH is 4. The molecule has 9 heteroatoms. The van der Waals surface area contributed by atoms with Crippen molar-refractivity contribution in [3.63, 3.8) is 0 Å². The quantitative estimate of drug-likeness (QED) is 0.119. The molecule has 154 valence electrons. The van der Waals surface area contributed by atoms with Crippen LogP contribution in [0.4, 0.5) is 0 Å². The van der Waals surface area contributed by atoms with Crippen molar-refractivity contribution in [1.82, 2.24) is 0 Å². The van der Waals surface area contributed by atoms with Crippen molar-refractivity contribution < 1.29 is 69.4 Å². The van der Waals surface area contributed by atoms with Crippen LogP contribution in [-0.4, -0.2) is 63.4 Å². The Labute approximate surface area is 183 Å². The van der Waals surface area contributed by atoms with Crippen molar-refractivity contribution in [1.29, 1.82) is 0 Å². The van der Waals surface area contributed by atoms with Gasteiger partial charge in [0.2, 0.25) is 0 Å². The number of ether oxygens (including phenoxy) is 1. The Kier molecular flexibility index (Phi) is 19.2. The zero-order valence-electron chi connectivity index (χ0n) is 16.5. The fourth-order valence-corrected chi connectivity index (χ4v) is 2.50. The van der Waals surface area contributed by atoms with Crippen LogP contribution in [-0.2, 0) is 14.3 Å². The second-order valence-electron chi connectivity index (χ2n) is 6.54. The topological polar surface area (TPSA) is 147 Å². The SMILES string of the molecule is CCCCCCCCCCCCOC(=O)C(O)C(O)C(O)C(O)C(=O)[O-].[Na+]. The zero-order valence-corrected chi connectivity index (χ0v) is 18.5. The molecule has 0 fully saturated rings. The van der Waals surface area contributed by atoms with Crippen molar-refractivity contribution in [2.75, 3.05) is 6.61 Å². The van der Waals surface area contributed by atoms with Crippen LogP contribution in [0.1, 0.15) is 71.1 Å². The molecule has 0 aromatic rings. The molecule has 0 saturated carbocycles. The van der Waals surface area contributed by atoms with Gasteiger partial charge in [-0.2, -0.15) is 0 Å². The van der Waals surface area contributed by atoms with Crippen molar-refractivity contribution in [2.24, 2.45) is 0 Å². The Balaban J connectivity index is 0. The minimum atomic E-state index is -2.42. The number of carbonyl (C=O) groups is 2. The number of unbranched alkanes of at least 4 members (excludes halogenated alkanes) is 9. The molecule has 0 radical (unpaired) electrons. The molecule has 4 unspecified atom stereocenters. The van der Waals surface area contributed by atoms with Gasteiger partial charge < -0.3 is 35.1 Å². The summed E-state index contributed by atoms with van der Waals surface area (Å²) in [5.74, 6) is -3.21. The molecule has 0 aliphatic carbocycles. The van der Waals surface area contributed by atoms with E-state index in [1.807, 2.05) is 0 Å². The van der Waals surface area contributed by atoms with Crippen LogP contribution in [0.3, 0.4) is 0 Å². The van der Waals surface area contributed by atoms with Crippen LogP contribution in [0.15, 0.2) is 0 Å². The van der Waals surface area contributed by atoms with Gasteiger partial charge in [-0.3, -0.25) is 0 Å². The molecule has 0 rings (SSSR count). The summed E-state index contributed by atoms with van der Waals surface area (Å²) in [5.41, 5.74) is 0. The summed E-state index contributed by atoms with van der Waals surface area (Å²) >= 11 is 0. The molecule has 4 atom stereocenters. The Morgan fingerprint density at radius 1 is 0.778 bits per heavy atom. The van der Waals surface area contributed by atoms with E-state index < -0.39 is 36.4 Å². The summed E-state index contributed by atoms with van der Waals surface area (Å²) in [6, 6.07) is 0. The molecule has 27 heavy (non-hydrogen) atoms. The number of carboxylic acids is 1. The predicted molar refractivity (Wildman–Crippen MR) is 91.8 cm³/mol. The monoisotopic (exact) mass is 400 g/mol. The first kappa shape index (κ1) is 29.0. The van der Waals surface area contributed by atoms with Crippen LogP contribution in [0.25, 0.3) is 0 Å². The number of hydrogen-bond donors (Lipinski definition) is 4. The second-order valence-corrected chi connectivity index (χ2v) is 6.54. The van der Waals surface area contributed by atoms with Gasteiger partial charge in [0.15, 0.2) is 6.10 Å². The first-order chi connectivity index (χ1) is 12.3. The standard InChI is InChI=1S/C18H34O8.Na/c1-2-3-4-5-6-7-8-9-10-11-12-26-18(25)16(22)14(20)13(19)15(21)17(23)24;/h13-16,19-22H,2-12H2,1H3,(H,23,24);/q;+1/p-1. The maximum Gasteiger partial charge on any atom is 1.00 e. The Hall–Kier alpha value is -0.220. The maximum absolute atomic E-state index is 11.6. The predicted octanol–water partition coefficient (Wildman–Crippen LogP) is -3.35. The summed E-state index contributed by atoms with van der Waals surface area (Å²) < 4.78 is 4.78. The van der Waals surface area contributed by atoms with E-state index in [-0.39, 0.29) is 36.2 Å². The molecule has 0 aliphatic heterocycles. The fraction of sp³-hybridized carbons (Fsp3) is 0.889. The van der Waals surface area contributed by atoms with Gasteiger partial charge in [-0.25, -0.2) is 4.79 Å². The minimum Gasteiger partial charge on any atom is -0.547 e. The third-order valence-corrected chi connectivity index (χ3v) is 4.22. The first-order valence-electron chi connectivity index (χ1n) is 9.42. The van der Waals surface area contributed by atoms with Crippen molar-refractivity contribution in [3.05, 3.63) is 0 Å². The van der Waals surface area contributed by atoms with Crippen LogP contribution < -0.4 is 34.7 Å². The number of aliphatic hydroxyl groups is 4. The zero-order chi connectivity index (χ0) is 19.9. The second kappa shape index (κ2) is 17.8. The summed E-state index contributed by atoms with van der Waals surface area (Å²) in [6.45, 7) is 2.24. The summed E-state index contributed by atoms with van der Waals surface area (Å²) in [6.07, 6.45) is 2.09. The van der Waals surface area contributed by atoms with Gasteiger partial charge in [0, 0.05) is 0 Å². The Morgan fingerprint density at radius 2 is 1.19 bits per heavy atom. The number of aliphatic carboxylic acids is 1. The molecule has 0 saturated heterocycles. The van der Waals surface area contributed by atoms with Gasteiger partial charge in [-0.15, -0.1) is 0 Å². The van der Waals surface area contributed by atoms with E-state index in [2.05, 4.69) is 6.92 Å². The van der Waals surface area contributed by atoms with Crippen molar-refractivity contribution >= 4 is 11.9 Å². The van der Waals surface area contributed by atoms with E-state index in [0.717, 1.165) is 19.3 Å². The van der Waals surface area contributed by atoms with Crippen LogP contribution >= 0.6 is 0 Å². The fourth-order valence-electron chi connectivity index (χ4n) is 2.50. The smallest absolute Gasteiger partial charge is 0.547 e. The molecule has 0 aromatic carbocycles. The molecule has 0 aliphatic rings. The molecule has 0 bridgehead atoms. The maximum atomic E-state index is 11.6. The number of carbonyl (C=O) groups excluding carboxylic acids is 2. The average molecular weight is 400 g/mol. The Morgan fingerprint density at radius 3 is 1.63 bits per heavy atom. The Bertz CT molecular complexity index is 394. The summed E-state index contributed by atoms with van der Waals surface area (Å²) in [7, 11) is 0. The van der Waals surface area contributed by atoms with Gasteiger partial charge >= 0.3 is 35.5 Å². The molecular weight excluding hydrogens is 367 g/mol. The van der Waals surface area contributed by atoms with E-state index in [0.29, 0.717) is 6.42 Å². The number of carboxylic acid groups (broad SMARTS) is 1. The molecule has 0 spiro atoms.